The van der Waals surface area contributed by atoms with Crippen LogP contribution >= 0.6 is 0 Å². The second-order valence-electron chi connectivity index (χ2n) is 15.0. The number of benzene rings is 2. The molecule has 324 valence electrons. The number of aliphatic hydroxyl groups is 1. The molecule has 0 aliphatic carbocycles. The standard InChI is InChI=1S/C41H59N7O11/c1-10-24(2)33(39(56)58-9)47-38(55)34(27(5)49)46-31(50)22-42-35(52)25(3)44-36(53)26(4)48(29-19-15-12-16-20-29)32(51)23-43-37(54)30(21-28-17-13-11-14-18-28)45-40(57)59-41(6,7)8/h11-20,24-27,30,33-34,49H,10,21-23H2,1-9H3,(H,42,52)(H,43,54)(H,44,53)(H,45,57)(H,46,50)(H,47,55)/t24-,25-,26-,27+,30-,33-,34-/m0/s1. The van der Waals surface area contributed by atoms with Crippen molar-refractivity contribution < 1.29 is 52.9 Å². The zero-order valence-electron chi connectivity index (χ0n) is 35.1. The summed E-state index contributed by atoms with van der Waals surface area (Å²) in [5, 5.41) is 25.1. The molecule has 0 aliphatic rings. The number of methoxy groups -OCH3 is 1. The van der Waals surface area contributed by atoms with E-state index in [2.05, 4.69) is 31.9 Å². The second kappa shape index (κ2) is 23.4. The lowest BCUT2D eigenvalue weighted by Gasteiger charge is -2.30. The van der Waals surface area contributed by atoms with E-state index in [0.717, 1.165) is 10.5 Å². The number of hydrogen-bond acceptors (Lipinski definition) is 11. The zero-order chi connectivity index (χ0) is 44.4. The predicted octanol–water partition coefficient (Wildman–Crippen LogP) is 0.851. The largest absolute Gasteiger partial charge is 0.467 e. The minimum Gasteiger partial charge on any atom is -0.467 e. The van der Waals surface area contributed by atoms with Crippen molar-refractivity contribution in [3.8, 4) is 0 Å². The molecule has 0 radical (unpaired) electrons. The highest BCUT2D eigenvalue weighted by Gasteiger charge is 2.34. The molecule has 0 bridgehead atoms. The molecule has 0 heterocycles. The maximum atomic E-state index is 13.7. The third-order valence-corrected chi connectivity index (χ3v) is 9.00. The molecule has 0 fully saturated rings. The molecule has 7 N–H and O–H groups in total. The van der Waals surface area contributed by atoms with Crippen LogP contribution in [0, 0.1) is 5.92 Å². The van der Waals surface area contributed by atoms with E-state index in [1.54, 1.807) is 88.4 Å². The summed E-state index contributed by atoms with van der Waals surface area (Å²) in [6.07, 6.45) is -1.59. The number of aliphatic hydroxyl groups excluding tert-OH is 1. The molecule has 2 aromatic rings. The number of nitrogens with zero attached hydrogens (tertiary/aromatic N) is 1. The fourth-order valence-corrected chi connectivity index (χ4v) is 5.56. The summed E-state index contributed by atoms with van der Waals surface area (Å²) in [4.78, 5) is 105. The molecule has 0 saturated carbocycles. The summed E-state index contributed by atoms with van der Waals surface area (Å²) >= 11 is 0. The Balaban J connectivity index is 2.10. The van der Waals surface area contributed by atoms with Crippen molar-refractivity contribution in [2.75, 3.05) is 25.1 Å². The molecule has 59 heavy (non-hydrogen) atoms. The van der Waals surface area contributed by atoms with E-state index in [-0.39, 0.29) is 12.3 Å². The first-order valence-electron chi connectivity index (χ1n) is 19.3. The molecule has 18 heteroatoms. The SMILES string of the molecule is CC[C@H](C)[C@H](NC(=O)[C@@H](NC(=O)CNC(=O)[C@H](C)NC(=O)[C@H](C)N(C(=O)CNC(=O)[C@H](Cc1ccccc1)NC(=O)OC(C)(C)C)c1ccccc1)[C@@H](C)O)C(=O)OC. The Bertz CT molecular complexity index is 1750. The summed E-state index contributed by atoms with van der Waals surface area (Å²) in [6.45, 7) is 11.4. The highest BCUT2D eigenvalue weighted by Crippen LogP contribution is 2.18. The second-order valence-corrected chi connectivity index (χ2v) is 15.0. The van der Waals surface area contributed by atoms with Crippen LogP contribution in [-0.4, -0.2) is 115 Å². The highest BCUT2D eigenvalue weighted by molar-refractivity contribution is 6.03. The fraction of sp³-hybridized carbons (Fsp3) is 0.512. The fourth-order valence-electron chi connectivity index (χ4n) is 5.56. The van der Waals surface area contributed by atoms with Gasteiger partial charge in [-0.15, -0.1) is 0 Å². The van der Waals surface area contributed by atoms with Crippen molar-refractivity contribution >= 4 is 53.2 Å². The van der Waals surface area contributed by atoms with Gasteiger partial charge in [0, 0.05) is 12.1 Å². The van der Waals surface area contributed by atoms with Crippen LogP contribution in [0.4, 0.5) is 10.5 Å². The van der Waals surface area contributed by atoms with E-state index in [0.29, 0.717) is 12.1 Å². The van der Waals surface area contributed by atoms with Crippen molar-refractivity contribution in [2.45, 2.75) is 110 Å². The maximum Gasteiger partial charge on any atom is 0.408 e. The molecule has 0 spiro atoms. The Hall–Kier alpha value is -6.04. The van der Waals surface area contributed by atoms with E-state index in [1.807, 2.05) is 6.92 Å². The number of anilines is 1. The molecule has 0 aromatic heterocycles. The average molecular weight is 826 g/mol. The van der Waals surface area contributed by atoms with Gasteiger partial charge in [-0.2, -0.15) is 0 Å². The molecule has 7 amide bonds. The van der Waals surface area contributed by atoms with E-state index in [1.165, 1.54) is 27.9 Å². The number of amides is 7. The molecule has 0 unspecified atom stereocenters. The van der Waals surface area contributed by atoms with E-state index in [9.17, 15) is 43.5 Å². The smallest absolute Gasteiger partial charge is 0.408 e. The van der Waals surface area contributed by atoms with E-state index in [4.69, 9.17) is 9.47 Å². The number of hydrogen-bond donors (Lipinski definition) is 7. The number of esters is 1. The number of ether oxygens (including phenoxy) is 2. The van der Waals surface area contributed by atoms with Gasteiger partial charge in [0.05, 0.1) is 26.3 Å². The number of carbonyl (C=O) groups excluding carboxylic acids is 8. The number of alkyl carbamates (subject to hydrolysis) is 1. The first kappa shape index (κ1) is 49.1. The van der Waals surface area contributed by atoms with Crippen molar-refractivity contribution in [1.29, 1.82) is 0 Å². The van der Waals surface area contributed by atoms with Crippen molar-refractivity contribution in [3.05, 3.63) is 66.2 Å². The van der Waals surface area contributed by atoms with Crippen molar-refractivity contribution in [3.63, 3.8) is 0 Å². The van der Waals surface area contributed by atoms with Crippen LogP contribution < -0.4 is 36.8 Å². The van der Waals surface area contributed by atoms with Crippen LogP contribution in [0.25, 0.3) is 0 Å². The third-order valence-electron chi connectivity index (χ3n) is 9.00. The van der Waals surface area contributed by atoms with Gasteiger partial charge in [-0.3, -0.25) is 33.7 Å². The summed E-state index contributed by atoms with van der Waals surface area (Å²) in [5.41, 5.74) is 0.223. The summed E-state index contributed by atoms with van der Waals surface area (Å²) in [5.74, 6) is -5.59. The van der Waals surface area contributed by atoms with Gasteiger partial charge < -0.3 is 46.5 Å². The first-order valence-corrected chi connectivity index (χ1v) is 19.3. The van der Waals surface area contributed by atoms with Crippen LogP contribution in [-0.2, 0) is 49.5 Å². The minimum absolute atomic E-state index is 0.0925. The molecule has 2 rings (SSSR count). The van der Waals surface area contributed by atoms with Gasteiger partial charge >= 0.3 is 12.1 Å². The number of carbonyl (C=O) groups is 8. The van der Waals surface area contributed by atoms with Crippen molar-refractivity contribution in [2.24, 2.45) is 5.92 Å². The summed E-state index contributed by atoms with van der Waals surface area (Å²) < 4.78 is 10.1. The Morgan fingerprint density at radius 1 is 0.712 bits per heavy atom. The van der Waals surface area contributed by atoms with Gasteiger partial charge in [0.1, 0.15) is 35.8 Å². The van der Waals surface area contributed by atoms with Crippen LogP contribution in [0.3, 0.4) is 0 Å². The Kier molecular flexibility index (Phi) is 19.5. The lowest BCUT2D eigenvalue weighted by Crippen LogP contribution is -2.58. The van der Waals surface area contributed by atoms with E-state index < -0.39 is 103 Å². The van der Waals surface area contributed by atoms with Gasteiger partial charge in [-0.1, -0.05) is 68.8 Å². The maximum absolute atomic E-state index is 13.7. The lowest BCUT2D eigenvalue weighted by atomic mass is 9.98. The quantitative estimate of drug-likeness (QED) is 0.0923. The molecule has 18 nitrogen and oxygen atoms in total. The topological polar surface area (TPSA) is 251 Å². The minimum atomic E-state index is -1.48. The summed E-state index contributed by atoms with van der Waals surface area (Å²) in [7, 11) is 1.17. The summed E-state index contributed by atoms with van der Waals surface area (Å²) in [6, 6.07) is 11.1. The van der Waals surface area contributed by atoms with Crippen LogP contribution in [0.2, 0.25) is 0 Å². The van der Waals surface area contributed by atoms with Crippen LogP contribution in [0.5, 0.6) is 0 Å². The van der Waals surface area contributed by atoms with Crippen LogP contribution in [0.1, 0.15) is 67.4 Å². The predicted molar refractivity (Wildman–Crippen MR) is 217 cm³/mol. The normalized spacial score (nSPS) is 14.6. The lowest BCUT2D eigenvalue weighted by molar-refractivity contribution is -0.147. The molecular weight excluding hydrogens is 766 g/mol. The average Bonchev–Trinajstić information content (AvgIpc) is 3.18. The van der Waals surface area contributed by atoms with Gasteiger partial charge in [0.15, 0.2) is 0 Å². The van der Waals surface area contributed by atoms with Gasteiger partial charge in [0.2, 0.25) is 35.4 Å². The molecule has 0 saturated heterocycles. The van der Waals surface area contributed by atoms with Gasteiger partial charge in [-0.25, -0.2) is 9.59 Å². The molecule has 0 aliphatic heterocycles. The molecule has 7 atom stereocenters. The Morgan fingerprint density at radius 2 is 1.29 bits per heavy atom. The van der Waals surface area contributed by atoms with E-state index >= 15 is 0 Å². The van der Waals surface area contributed by atoms with Gasteiger partial charge in [-0.05, 0) is 65.2 Å². The first-order chi connectivity index (χ1) is 27.7. The van der Waals surface area contributed by atoms with Crippen molar-refractivity contribution in [1.82, 2.24) is 31.9 Å². The Morgan fingerprint density at radius 3 is 1.83 bits per heavy atom. The zero-order valence-corrected chi connectivity index (χ0v) is 35.1. The monoisotopic (exact) mass is 825 g/mol. The molecular formula is C41H59N7O11. The number of para-hydroxylation sites is 1. The van der Waals surface area contributed by atoms with Gasteiger partial charge in [0.25, 0.3) is 0 Å². The molecule has 2 aromatic carbocycles. The number of nitrogens with one attached hydrogen (secondary N) is 6. The number of rotatable bonds is 20. The third kappa shape index (κ3) is 16.4. The van der Waals surface area contributed by atoms with Crippen LogP contribution in [0.15, 0.2) is 60.7 Å². The Labute approximate surface area is 344 Å². The highest BCUT2D eigenvalue weighted by atomic mass is 16.6.